The van der Waals surface area contributed by atoms with Gasteiger partial charge in [-0.3, -0.25) is 9.78 Å². The summed E-state index contributed by atoms with van der Waals surface area (Å²) in [7, 11) is 0. The maximum Gasteiger partial charge on any atom is 0.315 e. The van der Waals surface area contributed by atoms with E-state index < -0.39 is 11.5 Å². The fourth-order valence-corrected chi connectivity index (χ4v) is 2.39. The van der Waals surface area contributed by atoms with E-state index >= 15 is 0 Å². The van der Waals surface area contributed by atoms with Gasteiger partial charge in [0, 0.05) is 6.20 Å². The number of urea groups is 1. The van der Waals surface area contributed by atoms with Crippen molar-refractivity contribution in [1.82, 2.24) is 15.6 Å². The summed E-state index contributed by atoms with van der Waals surface area (Å²) in [5.74, 6) is -0.884. The molecule has 2 rings (SSSR count). The zero-order valence-electron chi connectivity index (χ0n) is 11.5. The molecule has 6 heteroatoms. The van der Waals surface area contributed by atoms with E-state index in [2.05, 4.69) is 15.6 Å². The standard InChI is InChI=1S/C14H19N3O3/c1-10-4-2-7-15-11(10)9-16-13(20)17-14(5-3-6-14)8-12(18)19/h2,4,7H,3,5-6,8-9H2,1H3,(H,18,19)(H2,16,17,20). The van der Waals surface area contributed by atoms with Gasteiger partial charge in [-0.2, -0.15) is 0 Å². The van der Waals surface area contributed by atoms with E-state index in [-0.39, 0.29) is 12.5 Å². The Morgan fingerprint density at radius 3 is 2.75 bits per heavy atom. The summed E-state index contributed by atoms with van der Waals surface area (Å²) in [6, 6.07) is 3.44. The molecule has 1 saturated carbocycles. The topological polar surface area (TPSA) is 91.3 Å². The van der Waals surface area contributed by atoms with Crippen molar-refractivity contribution in [2.24, 2.45) is 0 Å². The highest BCUT2D eigenvalue weighted by Crippen LogP contribution is 2.34. The molecule has 1 aliphatic carbocycles. The fraction of sp³-hybridized carbons (Fsp3) is 0.500. The van der Waals surface area contributed by atoms with Crippen LogP contribution in [0.3, 0.4) is 0 Å². The molecule has 3 N–H and O–H groups in total. The van der Waals surface area contributed by atoms with E-state index in [1.54, 1.807) is 6.20 Å². The van der Waals surface area contributed by atoms with Crippen LogP contribution in [-0.4, -0.2) is 27.6 Å². The minimum Gasteiger partial charge on any atom is -0.481 e. The van der Waals surface area contributed by atoms with Crippen molar-refractivity contribution in [2.75, 3.05) is 0 Å². The number of aryl methyl sites for hydroxylation is 1. The average molecular weight is 277 g/mol. The Morgan fingerprint density at radius 2 is 2.20 bits per heavy atom. The summed E-state index contributed by atoms with van der Waals surface area (Å²) in [4.78, 5) is 26.9. The van der Waals surface area contributed by atoms with E-state index in [9.17, 15) is 9.59 Å². The van der Waals surface area contributed by atoms with Crippen LogP contribution < -0.4 is 10.6 Å². The molecule has 0 atom stereocenters. The van der Waals surface area contributed by atoms with Gasteiger partial charge in [0.1, 0.15) is 0 Å². The number of aromatic nitrogens is 1. The second-order valence-electron chi connectivity index (χ2n) is 5.28. The molecule has 1 aromatic rings. The number of rotatable bonds is 5. The first-order valence-corrected chi connectivity index (χ1v) is 6.69. The molecule has 0 aliphatic heterocycles. The number of carboxylic acid groups (broad SMARTS) is 1. The van der Waals surface area contributed by atoms with Crippen LogP contribution >= 0.6 is 0 Å². The van der Waals surface area contributed by atoms with Gasteiger partial charge in [0.25, 0.3) is 0 Å². The molecule has 0 spiro atoms. The van der Waals surface area contributed by atoms with E-state index in [0.717, 1.165) is 30.5 Å². The zero-order chi connectivity index (χ0) is 14.6. The zero-order valence-corrected chi connectivity index (χ0v) is 11.5. The number of carbonyl (C=O) groups is 2. The van der Waals surface area contributed by atoms with Gasteiger partial charge in [-0.15, -0.1) is 0 Å². The number of nitrogens with zero attached hydrogens (tertiary/aromatic N) is 1. The molecule has 0 radical (unpaired) electrons. The Bertz CT molecular complexity index is 512. The van der Waals surface area contributed by atoms with Gasteiger partial charge in [0.05, 0.1) is 24.2 Å². The SMILES string of the molecule is Cc1cccnc1CNC(=O)NC1(CC(=O)O)CCC1. The quantitative estimate of drug-likeness (QED) is 0.762. The Kier molecular flexibility index (Phi) is 4.22. The van der Waals surface area contributed by atoms with Crippen LogP contribution in [0, 0.1) is 6.92 Å². The minimum absolute atomic E-state index is 0.0248. The van der Waals surface area contributed by atoms with E-state index in [1.165, 1.54) is 0 Å². The Balaban J connectivity index is 1.86. The molecule has 0 bridgehead atoms. The number of nitrogens with one attached hydrogen (secondary N) is 2. The third-order valence-corrected chi connectivity index (χ3v) is 3.71. The van der Waals surface area contributed by atoms with Crippen molar-refractivity contribution >= 4 is 12.0 Å². The lowest BCUT2D eigenvalue weighted by molar-refractivity contribution is -0.139. The molecule has 1 fully saturated rings. The fourth-order valence-electron chi connectivity index (χ4n) is 2.39. The van der Waals surface area contributed by atoms with Crippen LogP contribution in [0.5, 0.6) is 0 Å². The largest absolute Gasteiger partial charge is 0.481 e. The molecule has 108 valence electrons. The van der Waals surface area contributed by atoms with Gasteiger partial charge in [0.2, 0.25) is 0 Å². The second-order valence-corrected chi connectivity index (χ2v) is 5.28. The monoisotopic (exact) mass is 277 g/mol. The maximum absolute atomic E-state index is 11.9. The molecular formula is C14H19N3O3. The molecule has 1 heterocycles. The molecule has 0 saturated heterocycles. The number of carbonyl (C=O) groups excluding carboxylic acids is 1. The summed E-state index contributed by atoms with van der Waals surface area (Å²) in [6.07, 6.45) is 4.04. The third-order valence-electron chi connectivity index (χ3n) is 3.71. The maximum atomic E-state index is 11.9. The van der Waals surface area contributed by atoms with Crippen molar-refractivity contribution in [1.29, 1.82) is 0 Å². The molecule has 1 aliphatic rings. The summed E-state index contributed by atoms with van der Waals surface area (Å²) in [5.41, 5.74) is 1.25. The van der Waals surface area contributed by atoms with Crippen molar-refractivity contribution in [3.8, 4) is 0 Å². The lowest BCUT2D eigenvalue weighted by atomic mass is 9.74. The van der Waals surface area contributed by atoms with Crippen LogP contribution in [0.15, 0.2) is 18.3 Å². The number of carboxylic acids is 1. The summed E-state index contributed by atoms with van der Waals surface area (Å²) in [6.45, 7) is 2.27. The summed E-state index contributed by atoms with van der Waals surface area (Å²) in [5, 5.41) is 14.4. The Labute approximate surface area is 117 Å². The average Bonchev–Trinajstić information content (AvgIpc) is 2.34. The highest BCUT2D eigenvalue weighted by Gasteiger charge is 2.40. The number of pyridine rings is 1. The molecule has 1 aromatic heterocycles. The third kappa shape index (κ3) is 3.46. The smallest absolute Gasteiger partial charge is 0.315 e. The molecule has 6 nitrogen and oxygen atoms in total. The number of aliphatic carboxylic acids is 1. The van der Waals surface area contributed by atoms with Gasteiger partial charge in [-0.05, 0) is 37.8 Å². The first kappa shape index (κ1) is 14.3. The van der Waals surface area contributed by atoms with Crippen LogP contribution in [0.4, 0.5) is 4.79 Å². The number of hydrogen-bond acceptors (Lipinski definition) is 3. The van der Waals surface area contributed by atoms with Gasteiger partial charge in [0.15, 0.2) is 0 Å². The molecule has 0 unspecified atom stereocenters. The van der Waals surface area contributed by atoms with Crippen molar-refractivity contribution in [3.05, 3.63) is 29.6 Å². The first-order valence-electron chi connectivity index (χ1n) is 6.69. The molecule has 20 heavy (non-hydrogen) atoms. The lowest BCUT2D eigenvalue weighted by Gasteiger charge is -2.41. The predicted molar refractivity (Wildman–Crippen MR) is 73.2 cm³/mol. The van der Waals surface area contributed by atoms with Crippen LogP contribution in [0.1, 0.15) is 36.9 Å². The summed E-state index contributed by atoms with van der Waals surface area (Å²) < 4.78 is 0. The number of hydrogen-bond donors (Lipinski definition) is 3. The lowest BCUT2D eigenvalue weighted by Crippen LogP contribution is -2.57. The van der Waals surface area contributed by atoms with Gasteiger partial charge < -0.3 is 15.7 Å². The molecule has 0 aromatic carbocycles. The van der Waals surface area contributed by atoms with Crippen molar-refractivity contribution in [2.45, 2.75) is 44.7 Å². The van der Waals surface area contributed by atoms with Gasteiger partial charge in [-0.25, -0.2) is 4.79 Å². The Hall–Kier alpha value is -2.11. The molecular weight excluding hydrogens is 258 g/mol. The summed E-state index contributed by atoms with van der Waals surface area (Å²) >= 11 is 0. The highest BCUT2D eigenvalue weighted by atomic mass is 16.4. The predicted octanol–water partition coefficient (Wildman–Crippen LogP) is 1.59. The van der Waals surface area contributed by atoms with Crippen LogP contribution in [-0.2, 0) is 11.3 Å². The van der Waals surface area contributed by atoms with Crippen molar-refractivity contribution < 1.29 is 14.7 Å². The number of amides is 2. The van der Waals surface area contributed by atoms with Gasteiger partial charge >= 0.3 is 12.0 Å². The first-order chi connectivity index (χ1) is 9.51. The van der Waals surface area contributed by atoms with E-state index in [4.69, 9.17) is 5.11 Å². The normalized spacial score (nSPS) is 16.1. The van der Waals surface area contributed by atoms with Gasteiger partial charge in [-0.1, -0.05) is 6.07 Å². The molecule has 2 amide bonds. The second kappa shape index (κ2) is 5.90. The van der Waals surface area contributed by atoms with E-state index in [0.29, 0.717) is 6.54 Å². The minimum atomic E-state index is -0.884. The van der Waals surface area contributed by atoms with Crippen LogP contribution in [0.2, 0.25) is 0 Å². The Morgan fingerprint density at radius 1 is 1.45 bits per heavy atom. The van der Waals surface area contributed by atoms with Crippen LogP contribution in [0.25, 0.3) is 0 Å². The van der Waals surface area contributed by atoms with E-state index in [1.807, 2.05) is 19.1 Å². The highest BCUT2D eigenvalue weighted by molar-refractivity contribution is 5.77. The van der Waals surface area contributed by atoms with Crippen molar-refractivity contribution in [3.63, 3.8) is 0 Å².